The molecule has 1 aromatic rings. The fourth-order valence-electron chi connectivity index (χ4n) is 5.86. The van der Waals surface area contributed by atoms with Crippen LogP contribution < -0.4 is 5.32 Å². The van der Waals surface area contributed by atoms with Gasteiger partial charge in [-0.2, -0.15) is 0 Å². The minimum Gasteiger partial charge on any atom is -0.508 e. The largest absolute Gasteiger partial charge is 0.508 e. The van der Waals surface area contributed by atoms with Crippen molar-refractivity contribution in [3.8, 4) is 5.75 Å². The van der Waals surface area contributed by atoms with Gasteiger partial charge in [0.15, 0.2) is 0 Å². The normalized spacial score (nSPS) is 37.5. The highest BCUT2D eigenvalue weighted by Gasteiger charge is 2.50. The number of rotatable bonds is 4. The molecule has 4 aliphatic rings. The van der Waals surface area contributed by atoms with Crippen molar-refractivity contribution < 1.29 is 5.11 Å². The number of aromatic hydroxyl groups is 1. The zero-order chi connectivity index (χ0) is 15.3. The molecule has 5 rings (SSSR count). The Morgan fingerprint density at radius 3 is 2.36 bits per heavy atom. The Bertz CT molecular complexity index is 535. The zero-order valence-electron chi connectivity index (χ0n) is 13.3. The van der Waals surface area contributed by atoms with Gasteiger partial charge in [-0.1, -0.05) is 15.9 Å². The summed E-state index contributed by atoms with van der Waals surface area (Å²) in [5.74, 6) is 3.40. The lowest BCUT2D eigenvalue weighted by Gasteiger charge is -2.57. The summed E-state index contributed by atoms with van der Waals surface area (Å²) in [5, 5.41) is 13.8. The summed E-state index contributed by atoms with van der Waals surface area (Å²) in [6.07, 6.45) is 8.80. The van der Waals surface area contributed by atoms with Crippen LogP contribution in [-0.4, -0.2) is 11.7 Å². The van der Waals surface area contributed by atoms with Crippen molar-refractivity contribution in [1.29, 1.82) is 0 Å². The highest BCUT2D eigenvalue weighted by atomic mass is 79.9. The average Bonchev–Trinajstić information content (AvgIpc) is 2.46. The molecule has 0 aliphatic heterocycles. The Morgan fingerprint density at radius 2 is 1.77 bits per heavy atom. The first kappa shape index (κ1) is 15.0. The molecule has 2 N–H and O–H groups in total. The molecule has 0 heterocycles. The van der Waals surface area contributed by atoms with E-state index < -0.39 is 0 Å². The van der Waals surface area contributed by atoms with Gasteiger partial charge < -0.3 is 10.4 Å². The molecule has 0 saturated heterocycles. The fraction of sp³-hybridized carbons (Fsp3) is 0.684. The molecule has 120 valence electrons. The molecular formula is C19H26BrNO. The van der Waals surface area contributed by atoms with Crippen LogP contribution in [0, 0.1) is 23.2 Å². The molecule has 3 heteroatoms. The second-order valence-corrected chi connectivity index (χ2v) is 9.14. The molecular weight excluding hydrogens is 338 g/mol. The van der Waals surface area contributed by atoms with Gasteiger partial charge in [-0.3, -0.25) is 0 Å². The molecule has 0 spiro atoms. The van der Waals surface area contributed by atoms with Crippen LogP contribution in [0.4, 0.5) is 0 Å². The molecule has 1 unspecified atom stereocenters. The highest BCUT2D eigenvalue weighted by molar-refractivity contribution is 9.10. The van der Waals surface area contributed by atoms with Crippen LogP contribution in [0.3, 0.4) is 0 Å². The Morgan fingerprint density at radius 1 is 1.18 bits per heavy atom. The van der Waals surface area contributed by atoms with Crippen LogP contribution in [0.25, 0.3) is 0 Å². The second kappa shape index (κ2) is 5.52. The van der Waals surface area contributed by atoms with Crippen molar-refractivity contribution in [3.63, 3.8) is 0 Å². The average molecular weight is 364 g/mol. The third-order valence-electron chi connectivity index (χ3n) is 6.40. The number of phenolic OH excluding ortho intramolecular Hbond substituents is 1. The minimum atomic E-state index is 0.200. The van der Waals surface area contributed by atoms with Crippen molar-refractivity contribution >= 4 is 15.9 Å². The van der Waals surface area contributed by atoms with Crippen LogP contribution in [0.1, 0.15) is 57.1 Å². The zero-order valence-corrected chi connectivity index (χ0v) is 14.9. The smallest absolute Gasteiger partial charge is 0.120 e. The van der Waals surface area contributed by atoms with E-state index in [2.05, 4.69) is 28.2 Å². The molecule has 4 fully saturated rings. The number of nitrogens with one attached hydrogen (secondary N) is 1. The fourth-order valence-corrected chi connectivity index (χ4v) is 6.24. The summed E-state index contributed by atoms with van der Waals surface area (Å²) < 4.78 is 1.03. The predicted molar refractivity (Wildman–Crippen MR) is 92.8 cm³/mol. The van der Waals surface area contributed by atoms with Gasteiger partial charge >= 0.3 is 0 Å². The second-order valence-electron chi connectivity index (χ2n) is 8.22. The molecule has 0 radical (unpaired) electrons. The minimum absolute atomic E-state index is 0.200. The number of halogens is 1. The Labute approximate surface area is 141 Å². The van der Waals surface area contributed by atoms with E-state index in [1.165, 1.54) is 38.5 Å². The Kier molecular flexibility index (Phi) is 3.77. The van der Waals surface area contributed by atoms with Crippen molar-refractivity contribution in [3.05, 3.63) is 28.2 Å². The van der Waals surface area contributed by atoms with Gasteiger partial charge in [-0.15, -0.1) is 0 Å². The van der Waals surface area contributed by atoms with E-state index in [9.17, 15) is 5.11 Å². The maximum atomic E-state index is 10.1. The van der Waals surface area contributed by atoms with E-state index in [0.717, 1.165) is 34.3 Å². The maximum absolute atomic E-state index is 10.1. The maximum Gasteiger partial charge on any atom is 0.120 e. The lowest BCUT2D eigenvalue weighted by atomic mass is 9.49. The van der Waals surface area contributed by atoms with Crippen molar-refractivity contribution in [2.24, 2.45) is 23.2 Å². The van der Waals surface area contributed by atoms with E-state index in [4.69, 9.17) is 0 Å². The van der Waals surface area contributed by atoms with Crippen molar-refractivity contribution in [2.75, 3.05) is 6.54 Å². The summed E-state index contributed by atoms with van der Waals surface area (Å²) in [4.78, 5) is 0. The van der Waals surface area contributed by atoms with E-state index in [1.807, 2.05) is 12.1 Å². The van der Waals surface area contributed by atoms with Gasteiger partial charge in [0.2, 0.25) is 0 Å². The van der Waals surface area contributed by atoms with E-state index in [1.54, 1.807) is 6.07 Å². The lowest BCUT2D eigenvalue weighted by molar-refractivity contribution is -0.0523. The summed E-state index contributed by atoms with van der Waals surface area (Å²) >= 11 is 3.51. The quantitative estimate of drug-likeness (QED) is 0.786. The summed E-state index contributed by atoms with van der Waals surface area (Å²) in [6, 6.07) is 5.91. The standard InChI is InChI=1S/C19H26BrNO/c1-12(17-7-16(20)2-3-18(17)22)21-11-19-8-13-4-14(9-19)6-15(5-13)10-19/h2-3,7,12-15,21-22H,4-6,8-11H2,1H3. The third kappa shape index (κ3) is 2.71. The van der Waals surface area contributed by atoms with Crippen LogP contribution in [0.15, 0.2) is 22.7 Å². The van der Waals surface area contributed by atoms with E-state index in [-0.39, 0.29) is 6.04 Å². The van der Waals surface area contributed by atoms with E-state index in [0.29, 0.717) is 11.2 Å². The number of benzene rings is 1. The first-order chi connectivity index (χ1) is 10.5. The number of hydrogen-bond donors (Lipinski definition) is 2. The number of hydrogen-bond acceptors (Lipinski definition) is 2. The van der Waals surface area contributed by atoms with Crippen molar-refractivity contribution in [1.82, 2.24) is 5.32 Å². The highest BCUT2D eigenvalue weighted by Crippen LogP contribution is 2.59. The monoisotopic (exact) mass is 363 g/mol. The SMILES string of the molecule is CC(NCC12CC3CC(CC(C3)C1)C2)c1cc(Br)ccc1O. The molecule has 0 aromatic heterocycles. The van der Waals surface area contributed by atoms with E-state index >= 15 is 0 Å². The lowest BCUT2D eigenvalue weighted by Crippen LogP contribution is -2.50. The molecule has 22 heavy (non-hydrogen) atoms. The third-order valence-corrected chi connectivity index (χ3v) is 6.90. The summed E-state index contributed by atoms with van der Waals surface area (Å²) in [5.41, 5.74) is 1.55. The molecule has 1 aromatic carbocycles. The first-order valence-corrected chi connectivity index (χ1v) is 9.54. The van der Waals surface area contributed by atoms with Crippen LogP contribution in [0.2, 0.25) is 0 Å². The topological polar surface area (TPSA) is 32.3 Å². The van der Waals surface area contributed by atoms with Gasteiger partial charge in [-0.05, 0) is 86.8 Å². The molecule has 4 saturated carbocycles. The first-order valence-electron chi connectivity index (χ1n) is 8.75. The van der Waals surface area contributed by atoms with Gasteiger partial charge in [0.25, 0.3) is 0 Å². The van der Waals surface area contributed by atoms with Gasteiger partial charge in [0.05, 0.1) is 0 Å². The van der Waals surface area contributed by atoms with Crippen molar-refractivity contribution in [2.45, 2.75) is 51.5 Å². The van der Waals surface area contributed by atoms with Crippen LogP contribution in [-0.2, 0) is 0 Å². The Balaban J connectivity index is 1.45. The molecule has 1 atom stereocenters. The molecule has 2 nitrogen and oxygen atoms in total. The molecule has 4 aliphatic carbocycles. The molecule has 0 amide bonds. The molecule has 4 bridgehead atoms. The van der Waals surface area contributed by atoms with Gasteiger partial charge in [0, 0.05) is 22.6 Å². The van der Waals surface area contributed by atoms with Crippen LogP contribution in [0.5, 0.6) is 5.75 Å². The van der Waals surface area contributed by atoms with Crippen LogP contribution >= 0.6 is 15.9 Å². The number of phenols is 1. The van der Waals surface area contributed by atoms with Gasteiger partial charge in [-0.25, -0.2) is 0 Å². The summed E-state index contributed by atoms with van der Waals surface area (Å²) in [6.45, 7) is 3.28. The predicted octanol–water partition coefficient (Wildman–Crippen LogP) is 5.02. The van der Waals surface area contributed by atoms with Gasteiger partial charge in [0.1, 0.15) is 5.75 Å². The Hall–Kier alpha value is -0.540. The summed E-state index contributed by atoms with van der Waals surface area (Å²) in [7, 11) is 0.